The number of guanidine groups is 1. The minimum Gasteiger partial charge on any atom is -0.395 e. The van der Waals surface area contributed by atoms with Crippen LogP contribution < -0.4 is 16.4 Å². The predicted octanol–water partition coefficient (Wildman–Crippen LogP) is -2.31. The van der Waals surface area contributed by atoms with E-state index in [1.807, 2.05) is 11.8 Å². The third-order valence-electron chi connectivity index (χ3n) is 3.61. The first kappa shape index (κ1) is 15.0. The van der Waals surface area contributed by atoms with Crippen LogP contribution in [0.25, 0.3) is 0 Å². The van der Waals surface area contributed by atoms with E-state index in [1.54, 1.807) is 0 Å². The molecule has 0 bridgehead atoms. The molecule has 0 saturated carbocycles. The summed E-state index contributed by atoms with van der Waals surface area (Å²) in [4.78, 5) is 20.0. The van der Waals surface area contributed by atoms with Gasteiger partial charge in [0.1, 0.15) is 0 Å². The van der Waals surface area contributed by atoms with Crippen LogP contribution in [0.1, 0.15) is 13.3 Å². The number of rotatable bonds is 3. The van der Waals surface area contributed by atoms with Crippen LogP contribution in [0.15, 0.2) is 4.99 Å². The van der Waals surface area contributed by atoms with Crippen molar-refractivity contribution >= 4 is 11.9 Å². The molecule has 0 radical (unpaired) electrons. The number of nitrogens with two attached hydrogens (primary N) is 1. The number of aliphatic hydroxyl groups is 1. The maximum atomic E-state index is 11.5. The summed E-state index contributed by atoms with van der Waals surface area (Å²) in [6.45, 7) is 6.11. The molecule has 2 atom stereocenters. The van der Waals surface area contributed by atoms with Gasteiger partial charge in [0.25, 0.3) is 0 Å². The molecule has 2 saturated heterocycles. The van der Waals surface area contributed by atoms with E-state index in [0.29, 0.717) is 18.9 Å². The molecule has 0 aliphatic carbocycles. The average Bonchev–Trinajstić information content (AvgIpc) is 2.38. The summed E-state index contributed by atoms with van der Waals surface area (Å²) in [5.41, 5.74) is 6.01. The SMILES string of the molecule is CC1CC(=O)NC(/N=C(\N)N2CCN(CCO)CC2)N1. The molecule has 8 nitrogen and oxygen atoms in total. The van der Waals surface area contributed by atoms with Crippen molar-refractivity contribution in [1.29, 1.82) is 0 Å². The zero-order valence-electron chi connectivity index (χ0n) is 11.9. The van der Waals surface area contributed by atoms with E-state index in [2.05, 4.69) is 20.5 Å². The number of amides is 1. The molecule has 2 unspecified atom stereocenters. The highest BCUT2D eigenvalue weighted by Gasteiger charge is 2.24. The first-order valence-electron chi connectivity index (χ1n) is 7.05. The van der Waals surface area contributed by atoms with E-state index in [0.717, 1.165) is 26.2 Å². The summed E-state index contributed by atoms with van der Waals surface area (Å²) < 4.78 is 0. The Hall–Kier alpha value is -1.38. The number of nitrogens with zero attached hydrogens (tertiary/aromatic N) is 3. The molecule has 2 fully saturated rings. The van der Waals surface area contributed by atoms with Gasteiger partial charge in [-0.3, -0.25) is 15.0 Å². The molecule has 114 valence electrons. The van der Waals surface area contributed by atoms with Crippen LogP contribution in [0.5, 0.6) is 0 Å². The fourth-order valence-electron chi connectivity index (χ4n) is 2.49. The molecule has 2 aliphatic rings. The topological polar surface area (TPSA) is 106 Å². The van der Waals surface area contributed by atoms with Crippen molar-refractivity contribution in [2.75, 3.05) is 39.3 Å². The molecule has 0 aromatic heterocycles. The van der Waals surface area contributed by atoms with Crippen LogP contribution in [-0.4, -0.2) is 78.4 Å². The van der Waals surface area contributed by atoms with Gasteiger partial charge in [-0.15, -0.1) is 0 Å². The number of nitrogens with one attached hydrogen (secondary N) is 2. The van der Waals surface area contributed by atoms with Gasteiger partial charge in [-0.25, -0.2) is 4.99 Å². The van der Waals surface area contributed by atoms with Crippen LogP contribution in [-0.2, 0) is 4.79 Å². The number of hydrogen-bond acceptors (Lipinski definition) is 5. The Morgan fingerprint density at radius 3 is 2.75 bits per heavy atom. The molecule has 20 heavy (non-hydrogen) atoms. The number of carbonyl (C=O) groups is 1. The van der Waals surface area contributed by atoms with Gasteiger partial charge in [-0.05, 0) is 6.92 Å². The number of aliphatic hydroxyl groups excluding tert-OH is 1. The van der Waals surface area contributed by atoms with Gasteiger partial charge in [-0.1, -0.05) is 0 Å². The van der Waals surface area contributed by atoms with Crippen molar-refractivity contribution in [3.8, 4) is 0 Å². The summed E-state index contributed by atoms with van der Waals surface area (Å²) >= 11 is 0. The number of piperazine rings is 1. The van der Waals surface area contributed by atoms with Crippen LogP contribution >= 0.6 is 0 Å². The largest absolute Gasteiger partial charge is 0.395 e. The van der Waals surface area contributed by atoms with Gasteiger partial charge < -0.3 is 21.1 Å². The third kappa shape index (κ3) is 4.06. The smallest absolute Gasteiger partial charge is 0.224 e. The van der Waals surface area contributed by atoms with Crippen LogP contribution in [0.3, 0.4) is 0 Å². The summed E-state index contributed by atoms with van der Waals surface area (Å²) in [5.74, 6) is 0.436. The molecular formula is C12H24N6O2. The van der Waals surface area contributed by atoms with Crippen LogP contribution in [0.2, 0.25) is 0 Å². The maximum absolute atomic E-state index is 11.5. The van der Waals surface area contributed by atoms with E-state index in [-0.39, 0.29) is 18.6 Å². The van der Waals surface area contributed by atoms with Gasteiger partial charge >= 0.3 is 0 Å². The van der Waals surface area contributed by atoms with E-state index < -0.39 is 6.29 Å². The number of aliphatic imine (C=N–C) groups is 1. The van der Waals surface area contributed by atoms with E-state index in [1.165, 1.54) is 0 Å². The molecule has 0 spiro atoms. The van der Waals surface area contributed by atoms with Crippen molar-refractivity contribution in [1.82, 2.24) is 20.4 Å². The molecule has 5 N–H and O–H groups in total. The van der Waals surface area contributed by atoms with E-state index >= 15 is 0 Å². The van der Waals surface area contributed by atoms with Gasteiger partial charge in [-0.2, -0.15) is 0 Å². The van der Waals surface area contributed by atoms with Crippen molar-refractivity contribution in [2.45, 2.75) is 25.7 Å². The Bertz CT molecular complexity index is 367. The predicted molar refractivity (Wildman–Crippen MR) is 75.9 cm³/mol. The fourth-order valence-corrected chi connectivity index (χ4v) is 2.49. The number of β-amino-alcohol motifs (C(OH)–C–C–N with tert-alkyl or cyclic N) is 1. The highest BCUT2D eigenvalue weighted by Crippen LogP contribution is 2.04. The van der Waals surface area contributed by atoms with E-state index in [4.69, 9.17) is 10.8 Å². The second-order valence-corrected chi connectivity index (χ2v) is 5.28. The van der Waals surface area contributed by atoms with Crippen LogP contribution in [0, 0.1) is 0 Å². The molecule has 2 aliphatic heterocycles. The molecule has 2 rings (SSSR count). The second-order valence-electron chi connectivity index (χ2n) is 5.28. The standard InChI is InChI=1S/C12H24N6O2/c1-9-8-10(20)15-12(14-9)16-11(13)18-4-2-17(3-5-18)6-7-19/h9,12,14,19H,2-8H2,1H3,(H2,13,16)(H,15,20). The lowest BCUT2D eigenvalue weighted by molar-refractivity contribution is -0.124. The van der Waals surface area contributed by atoms with Crippen LogP contribution in [0.4, 0.5) is 0 Å². The maximum Gasteiger partial charge on any atom is 0.224 e. The Balaban J connectivity index is 1.86. The Morgan fingerprint density at radius 1 is 1.45 bits per heavy atom. The van der Waals surface area contributed by atoms with Gasteiger partial charge in [0.05, 0.1) is 6.61 Å². The quantitative estimate of drug-likeness (QED) is 0.343. The summed E-state index contributed by atoms with van der Waals surface area (Å²) in [5, 5.41) is 14.8. The van der Waals surface area contributed by atoms with Crippen molar-refractivity contribution in [3.63, 3.8) is 0 Å². The molecule has 0 aromatic carbocycles. The Labute approximate surface area is 119 Å². The Morgan fingerprint density at radius 2 is 2.15 bits per heavy atom. The van der Waals surface area contributed by atoms with Crippen molar-refractivity contribution in [2.24, 2.45) is 10.7 Å². The summed E-state index contributed by atoms with van der Waals surface area (Å²) in [7, 11) is 0. The average molecular weight is 284 g/mol. The highest BCUT2D eigenvalue weighted by atomic mass is 16.3. The highest BCUT2D eigenvalue weighted by molar-refractivity contribution is 5.80. The van der Waals surface area contributed by atoms with Crippen molar-refractivity contribution < 1.29 is 9.90 Å². The molecule has 8 heteroatoms. The minimum atomic E-state index is -0.443. The first-order chi connectivity index (χ1) is 9.58. The molecular weight excluding hydrogens is 260 g/mol. The molecule has 1 amide bonds. The lowest BCUT2D eigenvalue weighted by Gasteiger charge is -2.35. The lowest BCUT2D eigenvalue weighted by Crippen LogP contribution is -2.57. The van der Waals surface area contributed by atoms with Gasteiger partial charge in [0.2, 0.25) is 5.91 Å². The minimum absolute atomic E-state index is 0.00874. The monoisotopic (exact) mass is 284 g/mol. The van der Waals surface area contributed by atoms with Gasteiger partial charge in [0, 0.05) is 45.2 Å². The summed E-state index contributed by atoms with van der Waals surface area (Å²) in [6.07, 6.45) is 0.0212. The van der Waals surface area contributed by atoms with Crippen molar-refractivity contribution in [3.05, 3.63) is 0 Å². The third-order valence-corrected chi connectivity index (χ3v) is 3.61. The summed E-state index contributed by atoms with van der Waals surface area (Å²) in [6, 6.07) is 0.103. The molecule has 0 aromatic rings. The zero-order chi connectivity index (χ0) is 14.5. The molecule has 2 heterocycles. The van der Waals surface area contributed by atoms with Gasteiger partial charge in [0.15, 0.2) is 12.2 Å². The second kappa shape index (κ2) is 6.87. The Kier molecular flexibility index (Phi) is 5.16. The zero-order valence-corrected chi connectivity index (χ0v) is 11.9. The fraction of sp³-hybridized carbons (Fsp3) is 0.833. The number of carbonyl (C=O) groups excluding carboxylic acids is 1. The normalized spacial score (nSPS) is 29.4. The first-order valence-corrected chi connectivity index (χ1v) is 7.05. The van der Waals surface area contributed by atoms with E-state index in [9.17, 15) is 4.79 Å². The lowest BCUT2D eigenvalue weighted by atomic mass is 10.2. The number of hydrogen-bond donors (Lipinski definition) is 4.